The van der Waals surface area contributed by atoms with E-state index in [1.165, 1.54) is 0 Å². The van der Waals surface area contributed by atoms with Crippen LogP contribution in [0.25, 0.3) is 0 Å². The molecule has 1 aromatic rings. The van der Waals surface area contributed by atoms with E-state index < -0.39 is 23.4 Å². The fraction of sp³-hybridized carbons (Fsp3) is 0.529. The summed E-state index contributed by atoms with van der Waals surface area (Å²) in [5, 5.41) is 2.20. The quantitative estimate of drug-likeness (QED) is 0.840. The maximum atomic E-state index is 13.7. The number of carbonyl (C=O) groups is 2. The lowest BCUT2D eigenvalue weighted by molar-refractivity contribution is -0.145. The molecule has 0 saturated carbocycles. The second kappa shape index (κ2) is 6.84. The summed E-state index contributed by atoms with van der Waals surface area (Å²) in [4.78, 5) is 28.8. The van der Waals surface area contributed by atoms with E-state index in [0.717, 1.165) is 57.1 Å². The average molecular weight is 337 g/mol. The van der Waals surface area contributed by atoms with Crippen molar-refractivity contribution in [2.24, 2.45) is 0 Å². The number of hydrogen-bond acceptors (Lipinski definition) is 3. The molecule has 2 heterocycles. The topological polar surface area (TPSA) is 52.7 Å². The molecule has 130 valence electrons. The van der Waals surface area contributed by atoms with Crippen LogP contribution in [-0.4, -0.2) is 53.3 Å². The number of nitrogens with one attached hydrogen (secondary N) is 1. The predicted molar refractivity (Wildman–Crippen MR) is 85.4 cm³/mol. The first-order valence-electron chi connectivity index (χ1n) is 8.30. The molecule has 2 bridgehead atoms. The molecule has 2 atom stereocenters. The molecule has 3 rings (SSSR count). The van der Waals surface area contributed by atoms with Gasteiger partial charge >= 0.3 is 11.8 Å². The summed E-state index contributed by atoms with van der Waals surface area (Å²) in [7, 11) is 0. The van der Waals surface area contributed by atoms with Crippen molar-refractivity contribution in [3.8, 4) is 0 Å². The van der Waals surface area contributed by atoms with Gasteiger partial charge in [0, 0.05) is 31.2 Å². The molecule has 2 amide bonds. The van der Waals surface area contributed by atoms with Crippen LogP contribution in [0.4, 0.5) is 14.5 Å². The zero-order chi connectivity index (χ0) is 17.3. The molecule has 2 aliphatic rings. The number of anilines is 1. The molecular weight excluding hydrogens is 316 g/mol. The highest BCUT2D eigenvalue weighted by molar-refractivity contribution is 6.39. The molecule has 1 aromatic carbocycles. The number of likely N-dealkylation sites (N-methyl/N-ethyl adjacent to an activating group) is 1. The van der Waals surface area contributed by atoms with Gasteiger partial charge in [0.25, 0.3) is 0 Å². The molecule has 5 nitrogen and oxygen atoms in total. The van der Waals surface area contributed by atoms with Crippen LogP contribution in [0.2, 0.25) is 0 Å². The third-order valence-corrected chi connectivity index (χ3v) is 4.92. The largest absolute Gasteiger partial charge is 0.327 e. The van der Waals surface area contributed by atoms with Crippen molar-refractivity contribution >= 4 is 17.5 Å². The van der Waals surface area contributed by atoms with Crippen LogP contribution in [0.15, 0.2) is 18.2 Å². The molecule has 2 saturated heterocycles. The van der Waals surface area contributed by atoms with E-state index in [-0.39, 0.29) is 17.8 Å². The first-order chi connectivity index (χ1) is 11.5. The fourth-order valence-electron chi connectivity index (χ4n) is 3.65. The molecular formula is C17H21F2N3O2. The molecule has 7 heteroatoms. The van der Waals surface area contributed by atoms with E-state index in [4.69, 9.17) is 0 Å². The van der Waals surface area contributed by atoms with Gasteiger partial charge in [0.05, 0.1) is 5.69 Å². The number of hydrogen-bond donors (Lipinski definition) is 1. The zero-order valence-corrected chi connectivity index (χ0v) is 13.6. The van der Waals surface area contributed by atoms with E-state index in [1.54, 1.807) is 4.90 Å². The van der Waals surface area contributed by atoms with Gasteiger partial charge in [-0.15, -0.1) is 0 Å². The molecule has 2 fully saturated rings. The second-order valence-corrected chi connectivity index (χ2v) is 6.36. The molecule has 0 radical (unpaired) electrons. The van der Waals surface area contributed by atoms with E-state index >= 15 is 0 Å². The molecule has 0 aromatic heterocycles. The third-order valence-electron chi connectivity index (χ3n) is 4.92. The minimum atomic E-state index is -0.915. The predicted octanol–water partition coefficient (Wildman–Crippen LogP) is 1.99. The Labute approximate surface area is 139 Å². The van der Waals surface area contributed by atoms with Gasteiger partial charge in [-0.1, -0.05) is 6.92 Å². The van der Waals surface area contributed by atoms with Crippen LogP contribution in [0.1, 0.15) is 26.2 Å². The summed E-state index contributed by atoms with van der Waals surface area (Å²) in [5.41, 5.74) is -0.314. The van der Waals surface area contributed by atoms with Gasteiger partial charge in [-0.25, -0.2) is 8.78 Å². The summed E-state index contributed by atoms with van der Waals surface area (Å²) in [6.45, 7) is 4.64. The highest BCUT2D eigenvalue weighted by Crippen LogP contribution is 2.30. The van der Waals surface area contributed by atoms with Crippen molar-refractivity contribution in [2.75, 3.05) is 25.0 Å². The van der Waals surface area contributed by atoms with Crippen LogP contribution in [0.3, 0.4) is 0 Å². The van der Waals surface area contributed by atoms with E-state index in [0.29, 0.717) is 0 Å². The smallest absolute Gasteiger partial charge is 0.314 e. The van der Waals surface area contributed by atoms with Crippen molar-refractivity contribution in [1.82, 2.24) is 9.80 Å². The number of fused-ring (bicyclic) bond motifs is 2. The van der Waals surface area contributed by atoms with Gasteiger partial charge in [0.2, 0.25) is 0 Å². The standard InChI is InChI=1S/C17H21F2N3O2/c1-2-21-8-7-12-4-5-13(10-21)22(12)17(24)16(23)20-15-9-11(18)3-6-14(15)19/h3,6,9,12-13H,2,4-5,7-8,10H2,1H3,(H,20,23)/t12-,13+/m1/s1. The van der Waals surface area contributed by atoms with Crippen LogP contribution >= 0.6 is 0 Å². The highest BCUT2D eigenvalue weighted by Gasteiger charge is 2.41. The van der Waals surface area contributed by atoms with Crippen molar-refractivity contribution in [3.63, 3.8) is 0 Å². The van der Waals surface area contributed by atoms with Gasteiger partial charge in [-0.2, -0.15) is 0 Å². The van der Waals surface area contributed by atoms with Gasteiger partial charge < -0.3 is 15.1 Å². The molecule has 0 spiro atoms. The molecule has 0 unspecified atom stereocenters. The lowest BCUT2D eigenvalue weighted by Gasteiger charge is -2.28. The highest BCUT2D eigenvalue weighted by atomic mass is 19.1. The number of nitrogens with zero attached hydrogens (tertiary/aromatic N) is 2. The minimum absolute atomic E-state index is 0.00746. The third kappa shape index (κ3) is 3.26. The number of benzene rings is 1. The second-order valence-electron chi connectivity index (χ2n) is 6.36. The number of likely N-dealkylation sites (tertiary alicyclic amines) is 1. The average Bonchev–Trinajstić information content (AvgIpc) is 2.85. The Morgan fingerprint density at radius 1 is 1.21 bits per heavy atom. The normalized spacial score (nSPS) is 23.9. The maximum absolute atomic E-state index is 13.7. The summed E-state index contributed by atoms with van der Waals surface area (Å²) in [6, 6.07) is 2.80. The Bertz CT molecular complexity index is 653. The summed E-state index contributed by atoms with van der Waals surface area (Å²) in [6.07, 6.45) is 2.59. The zero-order valence-electron chi connectivity index (χ0n) is 13.6. The molecule has 0 aliphatic carbocycles. The summed E-state index contributed by atoms with van der Waals surface area (Å²) in [5.74, 6) is -3.02. The lowest BCUT2D eigenvalue weighted by Crippen LogP contribution is -2.47. The molecule has 24 heavy (non-hydrogen) atoms. The number of rotatable bonds is 2. The van der Waals surface area contributed by atoms with Crippen molar-refractivity contribution in [1.29, 1.82) is 0 Å². The van der Waals surface area contributed by atoms with E-state index in [1.807, 2.05) is 0 Å². The Balaban J connectivity index is 1.73. The van der Waals surface area contributed by atoms with Crippen LogP contribution in [-0.2, 0) is 9.59 Å². The van der Waals surface area contributed by atoms with Crippen LogP contribution in [0, 0.1) is 11.6 Å². The number of carbonyl (C=O) groups excluding carboxylic acids is 2. The van der Waals surface area contributed by atoms with Crippen molar-refractivity contribution in [2.45, 2.75) is 38.3 Å². The number of halogens is 2. The maximum Gasteiger partial charge on any atom is 0.314 e. The Kier molecular flexibility index (Phi) is 4.80. The van der Waals surface area contributed by atoms with Crippen LogP contribution in [0.5, 0.6) is 0 Å². The van der Waals surface area contributed by atoms with Crippen LogP contribution < -0.4 is 5.32 Å². The van der Waals surface area contributed by atoms with Gasteiger partial charge in [0.1, 0.15) is 11.6 Å². The minimum Gasteiger partial charge on any atom is -0.327 e. The molecule has 1 N–H and O–H groups in total. The Morgan fingerprint density at radius 3 is 2.71 bits per heavy atom. The Morgan fingerprint density at radius 2 is 1.96 bits per heavy atom. The summed E-state index contributed by atoms with van der Waals surface area (Å²) < 4.78 is 26.9. The SMILES string of the molecule is CCN1CC[C@H]2CC[C@@H](C1)N2C(=O)C(=O)Nc1cc(F)ccc1F. The van der Waals surface area contributed by atoms with Crippen molar-refractivity contribution < 1.29 is 18.4 Å². The Hall–Kier alpha value is -2.02. The van der Waals surface area contributed by atoms with E-state index in [2.05, 4.69) is 17.1 Å². The number of amides is 2. The van der Waals surface area contributed by atoms with Crippen molar-refractivity contribution in [3.05, 3.63) is 29.8 Å². The van der Waals surface area contributed by atoms with E-state index in [9.17, 15) is 18.4 Å². The molecule has 2 aliphatic heterocycles. The fourth-order valence-corrected chi connectivity index (χ4v) is 3.65. The first kappa shape index (κ1) is 16.8. The van der Waals surface area contributed by atoms with Gasteiger partial charge in [-0.3, -0.25) is 9.59 Å². The lowest BCUT2D eigenvalue weighted by atomic mass is 10.1. The monoisotopic (exact) mass is 337 g/mol. The summed E-state index contributed by atoms with van der Waals surface area (Å²) >= 11 is 0. The van der Waals surface area contributed by atoms with Gasteiger partial charge in [0.15, 0.2) is 0 Å². The van der Waals surface area contributed by atoms with Gasteiger partial charge in [-0.05, 0) is 37.9 Å². The first-order valence-corrected chi connectivity index (χ1v) is 8.30.